The zero-order valence-electron chi connectivity index (χ0n) is 22.8. The van der Waals surface area contributed by atoms with Crippen LogP contribution in [0, 0.1) is 17.5 Å². The predicted octanol–water partition coefficient (Wildman–Crippen LogP) is 4.17. The standard InChI is InChI=1S/C27H25F3N6O4S3/c1-35-13-15-9-10-16(14-35)36(15)27-33-23(24(41-27)21-11-12-31-26(32-21)42(2,37)38)17-5-3-8-20(22(17)30)34-43(39,40)25-18(28)6-4-7-19(25)29/h3-8,11-12,15-16,34H,9-10,13-14H2,1-2H3. The summed E-state index contributed by atoms with van der Waals surface area (Å²) in [6.45, 7) is 1.62. The molecule has 2 saturated heterocycles. The highest BCUT2D eigenvalue weighted by Gasteiger charge is 2.41. The molecule has 1 N–H and O–H groups in total. The van der Waals surface area contributed by atoms with Gasteiger partial charge in [0.15, 0.2) is 15.8 Å². The average Bonchev–Trinajstić information content (AvgIpc) is 3.47. The SMILES string of the molecule is CN1CC2CCC(C1)N2c1nc(-c2cccc(NS(=O)(=O)c3c(F)cccc3F)c2F)c(-c2ccnc(S(C)(=O)=O)n2)s1. The van der Waals surface area contributed by atoms with Crippen LogP contribution in [0.4, 0.5) is 24.0 Å². The Balaban J connectivity index is 1.48. The summed E-state index contributed by atoms with van der Waals surface area (Å²) >= 11 is 1.22. The van der Waals surface area contributed by atoms with Gasteiger partial charge in [-0.05, 0) is 50.2 Å². The van der Waals surface area contributed by atoms with Gasteiger partial charge in [0.05, 0.1) is 22.0 Å². The summed E-state index contributed by atoms with van der Waals surface area (Å²) in [4.78, 5) is 16.4. The first-order chi connectivity index (χ1) is 20.3. The second-order valence-electron chi connectivity index (χ2n) is 10.5. The maximum absolute atomic E-state index is 16.1. The highest BCUT2D eigenvalue weighted by Crippen LogP contribution is 2.45. The van der Waals surface area contributed by atoms with Crippen molar-refractivity contribution in [3.8, 4) is 21.8 Å². The van der Waals surface area contributed by atoms with Crippen LogP contribution in [0.5, 0.6) is 0 Å². The number of hydrogen-bond acceptors (Lipinski definition) is 10. The minimum absolute atomic E-state index is 0.104. The number of nitrogens with one attached hydrogen (secondary N) is 1. The molecular formula is C27H25F3N6O4S3. The fourth-order valence-electron chi connectivity index (χ4n) is 5.58. The van der Waals surface area contributed by atoms with Crippen molar-refractivity contribution in [2.45, 2.75) is 35.0 Å². The summed E-state index contributed by atoms with van der Waals surface area (Å²) in [6.07, 6.45) is 4.15. The van der Waals surface area contributed by atoms with Gasteiger partial charge in [0.25, 0.3) is 10.0 Å². The van der Waals surface area contributed by atoms with E-state index in [-0.39, 0.29) is 29.0 Å². The molecule has 43 heavy (non-hydrogen) atoms. The Morgan fingerprint density at radius 3 is 2.23 bits per heavy atom. The van der Waals surface area contributed by atoms with E-state index >= 15 is 4.39 Å². The average molecular weight is 651 g/mol. The fourth-order valence-corrected chi connectivity index (χ4v) is 8.48. The van der Waals surface area contributed by atoms with Gasteiger partial charge < -0.3 is 9.80 Å². The van der Waals surface area contributed by atoms with Gasteiger partial charge in [-0.15, -0.1) is 0 Å². The molecule has 2 fully saturated rings. The molecule has 2 aliphatic heterocycles. The molecule has 2 aromatic heterocycles. The molecule has 4 heterocycles. The molecule has 10 nitrogen and oxygen atoms in total. The van der Waals surface area contributed by atoms with Crippen molar-refractivity contribution in [2.24, 2.45) is 0 Å². The van der Waals surface area contributed by atoms with Crippen molar-refractivity contribution in [3.63, 3.8) is 0 Å². The van der Waals surface area contributed by atoms with E-state index in [0.29, 0.717) is 10.0 Å². The van der Waals surface area contributed by atoms with Crippen LogP contribution in [-0.2, 0) is 19.9 Å². The molecule has 2 bridgehead atoms. The minimum Gasteiger partial charge on any atom is -0.340 e. The number of rotatable bonds is 7. The zero-order chi connectivity index (χ0) is 30.7. The summed E-state index contributed by atoms with van der Waals surface area (Å²) in [5, 5.41) is 0.170. The van der Waals surface area contributed by atoms with Crippen LogP contribution in [-0.4, -0.2) is 75.2 Å². The lowest BCUT2D eigenvalue weighted by Gasteiger charge is -2.39. The first-order valence-electron chi connectivity index (χ1n) is 13.1. The highest BCUT2D eigenvalue weighted by atomic mass is 32.2. The Morgan fingerprint density at radius 1 is 0.930 bits per heavy atom. The number of anilines is 2. The number of benzene rings is 2. The second-order valence-corrected chi connectivity index (χ2v) is 15.0. The van der Waals surface area contributed by atoms with Crippen molar-refractivity contribution in [1.29, 1.82) is 0 Å². The number of thiazole rings is 1. The zero-order valence-corrected chi connectivity index (χ0v) is 25.3. The van der Waals surface area contributed by atoms with Crippen LogP contribution in [0.2, 0.25) is 0 Å². The predicted molar refractivity (Wildman–Crippen MR) is 156 cm³/mol. The Bertz CT molecular complexity index is 1920. The van der Waals surface area contributed by atoms with Crippen LogP contribution < -0.4 is 9.62 Å². The van der Waals surface area contributed by atoms with Gasteiger partial charge >= 0.3 is 0 Å². The number of piperazine rings is 1. The summed E-state index contributed by atoms with van der Waals surface area (Å²) in [5.41, 5.74) is -0.380. The number of sulfonamides is 1. The maximum atomic E-state index is 16.1. The molecule has 2 atom stereocenters. The van der Waals surface area contributed by atoms with Crippen molar-refractivity contribution in [3.05, 3.63) is 66.1 Å². The topological polar surface area (TPSA) is 125 Å². The minimum atomic E-state index is -4.86. The van der Waals surface area contributed by atoms with E-state index in [1.807, 2.05) is 11.8 Å². The van der Waals surface area contributed by atoms with Gasteiger partial charge in [-0.25, -0.2) is 45.0 Å². The summed E-state index contributed by atoms with van der Waals surface area (Å²) in [7, 11) is -6.59. The first-order valence-corrected chi connectivity index (χ1v) is 17.3. The van der Waals surface area contributed by atoms with Crippen LogP contribution in [0.25, 0.3) is 21.8 Å². The molecule has 0 aliphatic carbocycles. The molecule has 0 radical (unpaired) electrons. The molecule has 4 aromatic rings. The Hall–Kier alpha value is -3.60. The molecule has 2 aromatic carbocycles. The van der Waals surface area contributed by atoms with Gasteiger partial charge in [0.1, 0.15) is 11.6 Å². The third-order valence-corrected chi connectivity index (χ3v) is 10.8. The molecule has 2 aliphatic rings. The summed E-state index contributed by atoms with van der Waals surface area (Å²) in [5.74, 6) is -3.70. The van der Waals surface area contributed by atoms with Crippen molar-refractivity contribution >= 4 is 42.0 Å². The van der Waals surface area contributed by atoms with Crippen molar-refractivity contribution < 1.29 is 30.0 Å². The Morgan fingerprint density at radius 2 is 1.58 bits per heavy atom. The van der Waals surface area contributed by atoms with E-state index in [4.69, 9.17) is 4.98 Å². The second kappa shape index (κ2) is 10.8. The number of nitrogens with zero attached hydrogens (tertiary/aromatic N) is 5. The lowest BCUT2D eigenvalue weighted by molar-refractivity contribution is 0.264. The molecule has 226 valence electrons. The Labute approximate surface area is 250 Å². The quantitative estimate of drug-likeness (QED) is 0.294. The molecule has 2 unspecified atom stereocenters. The molecular weight excluding hydrogens is 626 g/mol. The van der Waals surface area contributed by atoms with Crippen molar-refractivity contribution in [1.82, 2.24) is 19.9 Å². The van der Waals surface area contributed by atoms with Gasteiger partial charge in [0, 0.05) is 43.2 Å². The number of sulfone groups is 1. The van der Waals surface area contributed by atoms with E-state index in [1.54, 1.807) is 0 Å². The monoisotopic (exact) mass is 650 g/mol. The van der Waals surface area contributed by atoms with Crippen LogP contribution >= 0.6 is 11.3 Å². The third-order valence-electron chi connectivity index (χ3n) is 7.39. The number of aromatic nitrogens is 3. The molecule has 6 rings (SSSR count). The van der Waals surface area contributed by atoms with E-state index in [9.17, 15) is 25.6 Å². The van der Waals surface area contributed by atoms with E-state index in [2.05, 4.69) is 19.8 Å². The number of hydrogen-bond donors (Lipinski definition) is 1. The maximum Gasteiger partial charge on any atom is 0.267 e. The van der Waals surface area contributed by atoms with Crippen LogP contribution in [0.3, 0.4) is 0 Å². The van der Waals surface area contributed by atoms with Gasteiger partial charge in [0.2, 0.25) is 15.0 Å². The molecule has 0 amide bonds. The highest BCUT2D eigenvalue weighted by molar-refractivity contribution is 7.92. The van der Waals surface area contributed by atoms with E-state index in [0.717, 1.165) is 56.5 Å². The number of halogens is 3. The fraction of sp³-hybridized carbons (Fsp3) is 0.296. The van der Waals surface area contributed by atoms with Gasteiger partial charge in [-0.2, -0.15) is 0 Å². The smallest absolute Gasteiger partial charge is 0.267 e. The molecule has 0 saturated carbocycles. The number of fused-ring (bicyclic) bond motifs is 2. The van der Waals surface area contributed by atoms with Gasteiger partial charge in [-0.3, -0.25) is 4.72 Å². The van der Waals surface area contributed by atoms with E-state index < -0.39 is 53.1 Å². The lowest BCUT2D eigenvalue weighted by atomic mass is 10.1. The normalized spacial score (nSPS) is 19.1. The van der Waals surface area contributed by atoms with E-state index in [1.165, 1.54) is 35.7 Å². The Kier molecular flexibility index (Phi) is 7.43. The first kappa shape index (κ1) is 29.5. The molecule has 0 spiro atoms. The summed E-state index contributed by atoms with van der Waals surface area (Å²) in [6, 6.07) is 8.29. The van der Waals surface area contributed by atoms with Crippen molar-refractivity contribution in [2.75, 3.05) is 36.0 Å². The lowest BCUT2D eigenvalue weighted by Crippen LogP contribution is -2.52. The summed E-state index contributed by atoms with van der Waals surface area (Å²) < 4.78 is 97.0. The number of likely N-dealkylation sites (tertiary alicyclic amines) is 1. The van der Waals surface area contributed by atoms with Gasteiger partial charge in [-0.1, -0.05) is 23.5 Å². The van der Waals surface area contributed by atoms with Crippen LogP contribution in [0.15, 0.2) is 58.7 Å². The molecule has 16 heteroatoms. The van der Waals surface area contributed by atoms with Crippen LogP contribution in [0.1, 0.15) is 12.8 Å². The third kappa shape index (κ3) is 5.47. The number of likely N-dealkylation sites (N-methyl/N-ethyl adjacent to an activating group) is 1. The largest absolute Gasteiger partial charge is 0.340 e.